The fraction of sp³-hybridized carbons (Fsp3) is 0. The molecule has 0 aromatic heterocycles. The Bertz CT molecular complexity index is 274. The smallest absolute Gasteiger partial charge is 0.204 e. The summed E-state index contributed by atoms with van der Waals surface area (Å²) in [5, 5.41) is 8.68. The number of halogens is 4. The van der Waals surface area contributed by atoms with E-state index in [9.17, 15) is 13.2 Å². The van der Waals surface area contributed by atoms with Crippen molar-refractivity contribution in [2.45, 2.75) is 0 Å². The minimum atomic E-state index is -1.68. The maximum absolute atomic E-state index is 12.4. The molecule has 1 rings (SSSR count). The number of phenols is 1. The molecule has 0 fully saturated rings. The lowest BCUT2D eigenvalue weighted by Gasteiger charge is -1.99. The predicted octanol–water partition coefficient (Wildman–Crippen LogP) is 2.57. The molecule has 0 heterocycles. The molecular weight excluding hydrogens is 225 g/mol. The zero-order valence-electron chi connectivity index (χ0n) is 5.04. The lowest BCUT2D eigenvalue weighted by molar-refractivity contribution is 0.384. The van der Waals surface area contributed by atoms with Gasteiger partial charge in [0.1, 0.15) is 0 Å². The van der Waals surface area contributed by atoms with Crippen molar-refractivity contribution < 1.29 is 18.3 Å². The highest BCUT2D eigenvalue weighted by Crippen LogP contribution is 2.29. The van der Waals surface area contributed by atoms with Gasteiger partial charge in [0.15, 0.2) is 17.4 Å². The van der Waals surface area contributed by atoms with Crippen LogP contribution in [-0.2, 0) is 0 Å². The monoisotopic (exact) mass is 226 g/mol. The van der Waals surface area contributed by atoms with Gasteiger partial charge in [0, 0.05) is 0 Å². The second kappa shape index (κ2) is 2.73. The molecule has 0 radical (unpaired) electrons. The van der Waals surface area contributed by atoms with Crippen molar-refractivity contribution in [1.29, 1.82) is 0 Å². The molecule has 0 spiro atoms. The Kier molecular flexibility index (Phi) is 2.08. The second-order valence-corrected chi connectivity index (χ2v) is 2.67. The fourth-order valence-corrected chi connectivity index (χ4v) is 0.932. The van der Waals surface area contributed by atoms with Crippen LogP contribution in [0.25, 0.3) is 0 Å². The summed E-state index contributed by atoms with van der Waals surface area (Å²) in [4.78, 5) is 0. The van der Waals surface area contributed by atoms with Crippen LogP contribution in [0.5, 0.6) is 5.75 Å². The molecule has 0 amide bonds. The highest BCUT2D eigenvalue weighted by Gasteiger charge is 2.15. The van der Waals surface area contributed by atoms with Crippen molar-refractivity contribution in [3.05, 3.63) is 28.0 Å². The topological polar surface area (TPSA) is 20.2 Å². The number of hydrogen-bond donors (Lipinski definition) is 1. The first-order chi connectivity index (χ1) is 5.04. The SMILES string of the molecule is Oc1c(Br)cc(F)c(F)c1F. The number of hydrogen-bond acceptors (Lipinski definition) is 1. The molecule has 0 bridgehead atoms. The summed E-state index contributed by atoms with van der Waals surface area (Å²) in [7, 11) is 0. The third-order valence-corrected chi connectivity index (χ3v) is 1.69. The van der Waals surface area contributed by atoms with Crippen LogP contribution in [0.4, 0.5) is 13.2 Å². The van der Waals surface area contributed by atoms with Gasteiger partial charge in [0.2, 0.25) is 5.82 Å². The molecule has 1 aromatic carbocycles. The van der Waals surface area contributed by atoms with Gasteiger partial charge in [0.05, 0.1) is 4.47 Å². The van der Waals surface area contributed by atoms with Crippen LogP contribution in [0.3, 0.4) is 0 Å². The van der Waals surface area contributed by atoms with Gasteiger partial charge in [-0.05, 0) is 22.0 Å². The normalized spacial score (nSPS) is 10.2. The van der Waals surface area contributed by atoms with Crippen molar-refractivity contribution in [2.75, 3.05) is 0 Å². The van der Waals surface area contributed by atoms with Crippen molar-refractivity contribution in [3.63, 3.8) is 0 Å². The zero-order chi connectivity index (χ0) is 8.59. The molecule has 0 atom stereocenters. The molecule has 60 valence electrons. The largest absolute Gasteiger partial charge is 0.504 e. The number of rotatable bonds is 0. The van der Waals surface area contributed by atoms with Gasteiger partial charge in [0.25, 0.3) is 0 Å². The quantitative estimate of drug-likeness (QED) is 0.533. The molecular formula is C6H2BrF3O. The first kappa shape index (κ1) is 8.39. The summed E-state index contributed by atoms with van der Waals surface area (Å²) in [5.74, 6) is -5.53. The van der Waals surface area contributed by atoms with E-state index in [1.165, 1.54) is 0 Å². The third-order valence-electron chi connectivity index (χ3n) is 1.09. The third kappa shape index (κ3) is 1.33. The van der Waals surface area contributed by atoms with E-state index in [1.807, 2.05) is 0 Å². The molecule has 0 aliphatic rings. The van der Waals surface area contributed by atoms with Crippen molar-refractivity contribution in [1.82, 2.24) is 0 Å². The van der Waals surface area contributed by atoms with Crippen LogP contribution in [0.2, 0.25) is 0 Å². The molecule has 0 aliphatic heterocycles. The van der Waals surface area contributed by atoms with Crippen LogP contribution >= 0.6 is 15.9 Å². The zero-order valence-corrected chi connectivity index (χ0v) is 6.62. The van der Waals surface area contributed by atoms with Crippen LogP contribution in [0.15, 0.2) is 10.5 Å². The van der Waals surface area contributed by atoms with Gasteiger partial charge >= 0.3 is 0 Å². The average Bonchev–Trinajstić information content (AvgIpc) is 1.97. The minimum absolute atomic E-state index is 0.214. The molecule has 0 saturated heterocycles. The van der Waals surface area contributed by atoms with E-state index < -0.39 is 23.2 Å². The van der Waals surface area contributed by atoms with Gasteiger partial charge < -0.3 is 5.11 Å². The maximum Gasteiger partial charge on any atom is 0.204 e. The van der Waals surface area contributed by atoms with E-state index in [0.717, 1.165) is 0 Å². The van der Waals surface area contributed by atoms with Gasteiger partial charge in [-0.3, -0.25) is 0 Å². The first-order valence-corrected chi connectivity index (χ1v) is 3.35. The van der Waals surface area contributed by atoms with Crippen molar-refractivity contribution in [3.8, 4) is 5.75 Å². The summed E-state index contributed by atoms with van der Waals surface area (Å²) in [6.45, 7) is 0. The standard InChI is InChI=1S/C6H2BrF3O/c7-2-1-3(8)4(9)5(10)6(2)11/h1,11H. The van der Waals surface area contributed by atoms with E-state index in [1.54, 1.807) is 0 Å². The van der Waals surface area contributed by atoms with E-state index >= 15 is 0 Å². The Labute approximate surface area is 68.6 Å². The molecule has 11 heavy (non-hydrogen) atoms. The summed E-state index contributed by atoms with van der Waals surface area (Å²) < 4.78 is 36.6. The molecule has 1 nitrogen and oxygen atoms in total. The number of benzene rings is 1. The Morgan fingerprint density at radius 2 is 1.73 bits per heavy atom. The number of aromatic hydroxyl groups is 1. The first-order valence-electron chi connectivity index (χ1n) is 2.56. The highest BCUT2D eigenvalue weighted by molar-refractivity contribution is 9.10. The minimum Gasteiger partial charge on any atom is -0.504 e. The average molecular weight is 227 g/mol. The molecule has 5 heteroatoms. The summed E-state index contributed by atoms with van der Waals surface area (Å²) in [6.07, 6.45) is 0. The van der Waals surface area contributed by atoms with E-state index in [2.05, 4.69) is 15.9 Å². The summed E-state index contributed by atoms with van der Waals surface area (Å²) >= 11 is 2.63. The summed E-state index contributed by atoms with van der Waals surface area (Å²) in [5.41, 5.74) is 0. The van der Waals surface area contributed by atoms with E-state index in [-0.39, 0.29) is 4.47 Å². The van der Waals surface area contributed by atoms with E-state index in [0.29, 0.717) is 6.07 Å². The lowest BCUT2D eigenvalue weighted by Crippen LogP contribution is -1.90. The van der Waals surface area contributed by atoms with Crippen molar-refractivity contribution >= 4 is 15.9 Å². The lowest BCUT2D eigenvalue weighted by atomic mass is 10.3. The van der Waals surface area contributed by atoms with Gasteiger partial charge in [-0.15, -0.1) is 0 Å². The Morgan fingerprint density at radius 3 is 2.27 bits per heavy atom. The van der Waals surface area contributed by atoms with Crippen molar-refractivity contribution in [2.24, 2.45) is 0 Å². The fourth-order valence-electron chi connectivity index (χ4n) is 0.557. The molecule has 0 saturated carbocycles. The predicted molar refractivity (Wildman–Crippen MR) is 35.7 cm³/mol. The molecule has 1 N–H and O–H groups in total. The molecule has 0 unspecified atom stereocenters. The van der Waals surface area contributed by atoms with Crippen LogP contribution in [-0.4, -0.2) is 5.11 Å². The van der Waals surface area contributed by atoms with Crippen LogP contribution < -0.4 is 0 Å². The Hall–Kier alpha value is -0.710. The second-order valence-electron chi connectivity index (χ2n) is 1.82. The summed E-state index contributed by atoms with van der Waals surface area (Å²) in [6, 6.07) is 0.647. The van der Waals surface area contributed by atoms with Crippen LogP contribution in [0, 0.1) is 17.5 Å². The molecule has 1 aromatic rings. The Balaban J connectivity index is 3.46. The van der Waals surface area contributed by atoms with Crippen LogP contribution in [0.1, 0.15) is 0 Å². The van der Waals surface area contributed by atoms with Gasteiger partial charge in [-0.2, -0.15) is 4.39 Å². The maximum atomic E-state index is 12.4. The Morgan fingerprint density at radius 1 is 1.18 bits per heavy atom. The molecule has 0 aliphatic carbocycles. The number of phenolic OH excluding ortho intramolecular Hbond substituents is 1. The van der Waals surface area contributed by atoms with Gasteiger partial charge in [-0.25, -0.2) is 8.78 Å². The highest BCUT2D eigenvalue weighted by atomic mass is 79.9. The van der Waals surface area contributed by atoms with Gasteiger partial charge in [-0.1, -0.05) is 0 Å². The van der Waals surface area contributed by atoms with E-state index in [4.69, 9.17) is 5.11 Å².